The van der Waals surface area contributed by atoms with E-state index in [0.29, 0.717) is 6.54 Å². The largest absolute Gasteiger partial charge is 0.392 e. The summed E-state index contributed by atoms with van der Waals surface area (Å²) in [6, 6.07) is -0.0713. The highest BCUT2D eigenvalue weighted by molar-refractivity contribution is 5.81. The molecule has 0 bridgehead atoms. The average molecular weight is 254 g/mol. The van der Waals surface area contributed by atoms with Crippen LogP contribution >= 0.6 is 0 Å². The van der Waals surface area contributed by atoms with Crippen molar-refractivity contribution in [3.63, 3.8) is 0 Å². The van der Waals surface area contributed by atoms with Crippen LogP contribution in [0.1, 0.15) is 45.4 Å². The molecule has 0 saturated carbocycles. The first-order valence-electron chi connectivity index (χ1n) is 7.39. The molecule has 4 heteroatoms. The van der Waals surface area contributed by atoms with Gasteiger partial charge in [0.25, 0.3) is 0 Å². The summed E-state index contributed by atoms with van der Waals surface area (Å²) in [7, 11) is 0. The Balaban J connectivity index is 1.90. The molecule has 1 amide bonds. The van der Waals surface area contributed by atoms with E-state index in [4.69, 9.17) is 0 Å². The summed E-state index contributed by atoms with van der Waals surface area (Å²) in [5.74, 6) is 0.256. The van der Waals surface area contributed by atoms with Gasteiger partial charge < -0.3 is 10.0 Å². The molecule has 2 heterocycles. The van der Waals surface area contributed by atoms with Crippen LogP contribution in [0, 0.1) is 0 Å². The van der Waals surface area contributed by atoms with Crippen molar-refractivity contribution < 1.29 is 9.90 Å². The van der Waals surface area contributed by atoms with Crippen molar-refractivity contribution in [1.82, 2.24) is 9.80 Å². The zero-order valence-corrected chi connectivity index (χ0v) is 11.5. The van der Waals surface area contributed by atoms with Crippen molar-refractivity contribution in [3.8, 4) is 0 Å². The second-order valence-corrected chi connectivity index (χ2v) is 5.71. The maximum atomic E-state index is 12.5. The predicted octanol–water partition coefficient (Wildman–Crippen LogP) is 1.23. The zero-order valence-electron chi connectivity index (χ0n) is 11.5. The molecule has 0 aromatic rings. The first-order valence-corrected chi connectivity index (χ1v) is 7.39. The second kappa shape index (κ2) is 6.53. The van der Waals surface area contributed by atoms with Crippen molar-refractivity contribution in [2.45, 2.75) is 57.6 Å². The molecule has 2 saturated heterocycles. The maximum Gasteiger partial charge on any atom is 0.239 e. The Bertz CT molecular complexity index is 275. The van der Waals surface area contributed by atoms with Crippen LogP contribution in [0.2, 0.25) is 0 Å². The van der Waals surface area contributed by atoms with E-state index >= 15 is 0 Å². The molecule has 0 aliphatic carbocycles. The van der Waals surface area contributed by atoms with Crippen LogP contribution < -0.4 is 0 Å². The van der Waals surface area contributed by atoms with E-state index in [9.17, 15) is 9.90 Å². The van der Waals surface area contributed by atoms with Gasteiger partial charge in [-0.1, -0.05) is 12.8 Å². The highest BCUT2D eigenvalue weighted by atomic mass is 16.3. The van der Waals surface area contributed by atoms with Gasteiger partial charge in [-0.3, -0.25) is 9.69 Å². The number of hydrogen-bond donors (Lipinski definition) is 1. The van der Waals surface area contributed by atoms with Crippen LogP contribution in [0.4, 0.5) is 0 Å². The molecule has 2 atom stereocenters. The summed E-state index contributed by atoms with van der Waals surface area (Å²) in [6.45, 7) is 5.42. The number of carbonyl (C=O) groups excluding carboxylic acids is 1. The van der Waals surface area contributed by atoms with E-state index in [2.05, 4.69) is 4.90 Å². The summed E-state index contributed by atoms with van der Waals surface area (Å²) in [4.78, 5) is 16.6. The number of hydrogen-bond acceptors (Lipinski definition) is 3. The topological polar surface area (TPSA) is 43.8 Å². The molecular formula is C14H26N2O2. The molecule has 2 aliphatic heterocycles. The van der Waals surface area contributed by atoms with Gasteiger partial charge in [0.2, 0.25) is 5.91 Å². The third-order valence-corrected chi connectivity index (χ3v) is 4.25. The Morgan fingerprint density at radius 1 is 1.11 bits per heavy atom. The van der Waals surface area contributed by atoms with Crippen molar-refractivity contribution in [2.24, 2.45) is 0 Å². The smallest absolute Gasteiger partial charge is 0.239 e. The number of carbonyl (C=O) groups is 1. The molecule has 0 radical (unpaired) electrons. The first kappa shape index (κ1) is 13.8. The lowest BCUT2D eigenvalue weighted by Gasteiger charge is -2.36. The van der Waals surface area contributed by atoms with Gasteiger partial charge in [0.1, 0.15) is 0 Å². The first-order chi connectivity index (χ1) is 8.68. The molecular weight excluding hydrogens is 228 g/mol. The highest BCUT2D eigenvalue weighted by Gasteiger charge is 2.29. The lowest BCUT2D eigenvalue weighted by molar-refractivity contribution is -0.137. The minimum absolute atomic E-state index is 0.0713. The summed E-state index contributed by atoms with van der Waals surface area (Å²) in [5.41, 5.74) is 0. The summed E-state index contributed by atoms with van der Waals surface area (Å²) >= 11 is 0. The lowest BCUT2D eigenvalue weighted by atomic mass is 10.1. The van der Waals surface area contributed by atoms with E-state index in [1.807, 2.05) is 11.8 Å². The van der Waals surface area contributed by atoms with Crippen LogP contribution in [0.5, 0.6) is 0 Å². The summed E-state index contributed by atoms with van der Waals surface area (Å²) in [5, 5.41) is 9.70. The monoisotopic (exact) mass is 254 g/mol. The van der Waals surface area contributed by atoms with E-state index in [0.717, 1.165) is 45.3 Å². The SMILES string of the molecule is CC(C(=O)N1CCCCCC1)N1CCC[C@H](O)C1. The fourth-order valence-corrected chi connectivity index (χ4v) is 3.05. The van der Waals surface area contributed by atoms with Gasteiger partial charge in [0.05, 0.1) is 12.1 Å². The highest BCUT2D eigenvalue weighted by Crippen LogP contribution is 2.16. The van der Waals surface area contributed by atoms with E-state index in [1.54, 1.807) is 0 Å². The maximum absolute atomic E-state index is 12.5. The quantitative estimate of drug-likeness (QED) is 0.806. The van der Waals surface area contributed by atoms with Crippen molar-refractivity contribution >= 4 is 5.91 Å². The molecule has 18 heavy (non-hydrogen) atoms. The van der Waals surface area contributed by atoms with Gasteiger partial charge in [0, 0.05) is 19.6 Å². The van der Waals surface area contributed by atoms with Crippen molar-refractivity contribution in [3.05, 3.63) is 0 Å². The minimum atomic E-state index is -0.252. The number of likely N-dealkylation sites (tertiary alicyclic amines) is 2. The number of aliphatic hydroxyl groups excluding tert-OH is 1. The number of β-amino-alcohol motifs (C(OH)–C–C–N with tert-alkyl or cyclic N) is 1. The van der Waals surface area contributed by atoms with Gasteiger partial charge in [-0.15, -0.1) is 0 Å². The van der Waals surface area contributed by atoms with Gasteiger partial charge in [-0.25, -0.2) is 0 Å². The fourth-order valence-electron chi connectivity index (χ4n) is 3.05. The number of aliphatic hydroxyl groups is 1. The van der Waals surface area contributed by atoms with E-state index in [-0.39, 0.29) is 18.1 Å². The van der Waals surface area contributed by atoms with E-state index < -0.39 is 0 Å². The van der Waals surface area contributed by atoms with Crippen LogP contribution in [0.3, 0.4) is 0 Å². The van der Waals surface area contributed by atoms with Gasteiger partial charge >= 0.3 is 0 Å². The Morgan fingerprint density at radius 3 is 2.39 bits per heavy atom. The Kier molecular flexibility index (Phi) is 5.01. The van der Waals surface area contributed by atoms with Crippen LogP contribution in [-0.2, 0) is 4.79 Å². The molecule has 4 nitrogen and oxygen atoms in total. The molecule has 0 spiro atoms. The van der Waals surface area contributed by atoms with Gasteiger partial charge in [-0.05, 0) is 39.2 Å². The van der Waals surface area contributed by atoms with Crippen molar-refractivity contribution in [1.29, 1.82) is 0 Å². The molecule has 1 N–H and O–H groups in total. The molecule has 0 aromatic heterocycles. The summed E-state index contributed by atoms with van der Waals surface area (Å²) < 4.78 is 0. The molecule has 2 aliphatic rings. The van der Waals surface area contributed by atoms with Gasteiger partial charge in [-0.2, -0.15) is 0 Å². The molecule has 1 unspecified atom stereocenters. The average Bonchev–Trinajstić information content (AvgIpc) is 2.66. The Hall–Kier alpha value is -0.610. The standard InChI is InChI=1S/C14H26N2O2/c1-12(16-10-6-7-13(17)11-16)14(18)15-8-4-2-3-5-9-15/h12-13,17H,2-11H2,1H3/t12?,13-/m0/s1. The lowest BCUT2D eigenvalue weighted by Crippen LogP contribution is -2.51. The number of rotatable bonds is 2. The number of amides is 1. The third-order valence-electron chi connectivity index (χ3n) is 4.25. The Labute approximate surface area is 110 Å². The summed E-state index contributed by atoms with van der Waals surface area (Å²) in [6.07, 6.45) is 6.40. The molecule has 104 valence electrons. The Morgan fingerprint density at radius 2 is 1.78 bits per heavy atom. The van der Waals surface area contributed by atoms with Crippen LogP contribution in [0.25, 0.3) is 0 Å². The molecule has 0 aromatic carbocycles. The van der Waals surface area contributed by atoms with Crippen molar-refractivity contribution in [2.75, 3.05) is 26.2 Å². The predicted molar refractivity (Wildman–Crippen MR) is 71.3 cm³/mol. The zero-order chi connectivity index (χ0) is 13.0. The second-order valence-electron chi connectivity index (χ2n) is 5.71. The van der Waals surface area contributed by atoms with E-state index in [1.165, 1.54) is 12.8 Å². The van der Waals surface area contributed by atoms with Crippen LogP contribution in [0.15, 0.2) is 0 Å². The minimum Gasteiger partial charge on any atom is -0.392 e. The molecule has 2 fully saturated rings. The fraction of sp³-hybridized carbons (Fsp3) is 0.929. The normalized spacial score (nSPS) is 28.8. The van der Waals surface area contributed by atoms with Gasteiger partial charge in [0.15, 0.2) is 0 Å². The molecule has 2 rings (SSSR count). The van der Waals surface area contributed by atoms with Crippen LogP contribution in [-0.4, -0.2) is 59.1 Å². The number of nitrogens with zero attached hydrogens (tertiary/aromatic N) is 2. The third kappa shape index (κ3) is 3.45. The number of piperidine rings is 1.